The molecule has 30 heavy (non-hydrogen) atoms. The van der Waals surface area contributed by atoms with Crippen molar-refractivity contribution in [2.24, 2.45) is 34.0 Å². The van der Waals surface area contributed by atoms with Crippen molar-refractivity contribution in [1.82, 2.24) is 0 Å². The van der Waals surface area contributed by atoms with Gasteiger partial charge in [0.25, 0.3) is 0 Å². The molecule has 7 heteroatoms. The summed E-state index contributed by atoms with van der Waals surface area (Å²) in [6.45, 7) is 10.3. The van der Waals surface area contributed by atoms with Gasteiger partial charge in [-0.15, -0.1) is 0 Å². The number of hydrogen-bond donors (Lipinski definition) is 1. The lowest BCUT2D eigenvalue weighted by molar-refractivity contribution is -0.266. The normalized spacial score (nSPS) is 50.9. The summed E-state index contributed by atoms with van der Waals surface area (Å²) in [5.41, 5.74) is -1.13. The maximum absolute atomic E-state index is 13.6. The van der Waals surface area contributed by atoms with Crippen LogP contribution in [0.5, 0.6) is 0 Å². The zero-order valence-corrected chi connectivity index (χ0v) is 18.2. The molecule has 0 amide bonds. The van der Waals surface area contributed by atoms with Crippen molar-refractivity contribution in [2.75, 3.05) is 13.7 Å². The highest BCUT2D eigenvalue weighted by molar-refractivity contribution is 5.83. The van der Waals surface area contributed by atoms with Crippen molar-refractivity contribution in [3.05, 3.63) is 12.2 Å². The zero-order chi connectivity index (χ0) is 21.6. The molecular weight excluding hydrogens is 388 g/mol. The lowest BCUT2D eigenvalue weighted by atomic mass is 9.43. The van der Waals surface area contributed by atoms with Gasteiger partial charge in [0.05, 0.1) is 12.7 Å². The number of carbonyl (C=O) groups excluding carboxylic acids is 2. The average molecular weight is 421 g/mol. The smallest absolute Gasteiger partial charge is 0.316 e. The molecule has 2 heterocycles. The average Bonchev–Trinajstić information content (AvgIpc) is 3.15. The van der Waals surface area contributed by atoms with E-state index in [1.807, 2.05) is 0 Å². The molecule has 2 spiro atoms. The van der Waals surface area contributed by atoms with Crippen molar-refractivity contribution in [1.29, 1.82) is 0 Å². The van der Waals surface area contributed by atoms with Crippen molar-refractivity contribution in [3.63, 3.8) is 0 Å². The summed E-state index contributed by atoms with van der Waals surface area (Å²) in [5.74, 6) is -1.39. The molecular formula is C23H32O7. The van der Waals surface area contributed by atoms with E-state index in [2.05, 4.69) is 20.4 Å². The number of methoxy groups -OCH3 is 1. The van der Waals surface area contributed by atoms with Gasteiger partial charge in [-0.3, -0.25) is 9.59 Å². The zero-order valence-electron chi connectivity index (χ0n) is 18.2. The largest absolute Gasteiger partial charge is 0.461 e. The Labute approximate surface area is 177 Å². The Morgan fingerprint density at radius 2 is 2.03 bits per heavy atom. The third kappa shape index (κ3) is 2.26. The molecule has 9 atom stereocenters. The number of aliphatic hydroxyl groups is 1. The van der Waals surface area contributed by atoms with Crippen LogP contribution in [0.2, 0.25) is 0 Å². The van der Waals surface area contributed by atoms with Crippen LogP contribution >= 0.6 is 0 Å². The van der Waals surface area contributed by atoms with E-state index < -0.39 is 41.2 Å². The molecule has 2 aliphatic heterocycles. The molecule has 2 bridgehead atoms. The Morgan fingerprint density at radius 3 is 2.70 bits per heavy atom. The Kier molecular flexibility index (Phi) is 4.30. The van der Waals surface area contributed by atoms with Crippen molar-refractivity contribution < 1.29 is 33.6 Å². The molecule has 0 aromatic carbocycles. The first-order valence-electron chi connectivity index (χ1n) is 11.0. The van der Waals surface area contributed by atoms with Gasteiger partial charge < -0.3 is 24.1 Å². The first-order valence-corrected chi connectivity index (χ1v) is 11.0. The van der Waals surface area contributed by atoms with E-state index in [-0.39, 0.29) is 29.3 Å². The Balaban J connectivity index is 1.71. The lowest BCUT2D eigenvalue weighted by Gasteiger charge is -2.63. The maximum atomic E-state index is 13.6. The van der Waals surface area contributed by atoms with E-state index >= 15 is 0 Å². The fourth-order valence-electron chi connectivity index (χ4n) is 8.07. The summed E-state index contributed by atoms with van der Waals surface area (Å²) in [6, 6.07) is 0. The van der Waals surface area contributed by atoms with Crippen LogP contribution in [0.1, 0.15) is 46.5 Å². The summed E-state index contributed by atoms with van der Waals surface area (Å²) in [4.78, 5) is 25.6. The molecule has 0 aromatic rings. The minimum Gasteiger partial charge on any atom is -0.461 e. The lowest BCUT2D eigenvalue weighted by Crippen LogP contribution is -2.71. The van der Waals surface area contributed by atoms with Crippen molar-refractivity contribution in [2.45, 2.75) is 71.1 Å². The molecule has 3 aliphatic carbocycles. The number of hydrogen-bond acceptors (Lipinski definition) is 7. The molecule has 5 aliphatic rings. The third-order valence-corrected chi connectivity index (χ3v) is 8.94. The number of aliphatic hydroxyl groups excluding tert-OH is 1. The van der Waals surface area contributed by atoms with Crippen molar-refractivity contribution in [3.8, 4) is 0 Å². The third-order valence-electron chi connectivity index (χ3n) is 8.94. The fourth-order valence-corrected chi connectivity index (χ4v) is 8.07. The summed E-state index contributed by atoms with van der Waals surface area (Å²) in [6.07, 6.45) is 0.300. The van der Waals surface area contributed by atoms with E-state index in [9.17, 15) is 14.7 Å². The maximum Gasteiger partial charge on any atom is 0.316 e. The highest BCUT2D eigenvalue weighted by Crippen LogP contribution is 2.72. The highest BCUT2D eigenvalue weighted by atomic mass is 16.7. The standard InChI is InChI=1S/C23H32O7/c1-11-13-8-14(25)16-22(9-13,18(11)29-12(2)24)20(26)30-15-6-7-21(3,4)17-19(27-5)28-10-23(15,16)17/h13-19,25H,1,6-10H2,2-5H3/t13-,14-,15+,16-,17-,18-,19-,22+,23+/m1/s1. The molecule has 2 saturated heterocycles. The van der Waals surface area contributed by atoms with E-state index in [0.29, 0.717) is 25.0 Å². The highest BCUT2D eigenvalue weighted by Gasteiger charge is 2.79. The van der Waals surface area contributed by atoms with Gasteiger partial charge in [-0.05, 0) is 42.6 Å². The number of esters is 2. The fraction of sp³-hybridized carbons (Fsp3) is 0.826. The predicted molar refractivity (Wildman–Crippen MR) is 105 cm³/mol. The predicted octanol–water partition coefficient (Wildman–Crippen LogP) is 2.21. The second-order valence-electron chi connectivity index (χ2n) is 10.7. The molecule has 3 saturated carbocycles. The first kappa shape index (κ1) is 20.5. The van der Waals surface area contributed by atoms with Gasteiger partial charge in [-0.25, -0.2) is 0 Å². The number of carbonyl (C=O) groups is 2. The van der Waals surface area contributed by atoms with Crippen LogP contribution in [0.15, 0.2) is 12.2 Å². The van der Waals surface area contributed by atoms with E-state index in [1.165, 1.54) is 6.92 Å². The van der Waals surface area contributed by atoms with Gasteiger partial charge in [0.2, 0.25) is 0 Å². The summed E-state index contributed by atoms with van der Waals surface area (Å²) >= 11 is 0. The van der Waals surface area contributed by atoms with Gasteiger partial charge in [-0.2, -0.15) is 0 Å². The van der Waals surface area contributed by atoms with Crippen LogP contribution < -0.4 is 0 Å². The van der Waals surface area contributed by atoms with Crippen LogP contribution in [0.3, 0.4) is 0 Å². The minimum atomic E-state index is -1.13. The van der Waals surface area contributed by atoms with E-state index in [1.54, 1.807) is 7.11 Å². The van der Waals surface area contributed by atoms with Crippen molar-refractivity contribution >= 4 is 11.9 Å². The molecule has 5 rings (SSSR count). The van der Waals surface area contributed by atoms with Gasteiger partial charge in [0.15, 0.2) is 6.29 Å². The molecule has 5 fully saturated rings. The monoisotopic (exact) mass is 420 g/mol. The van der Waals surface area contributed by atoms with E-state index in [0.717, 1.165) is 12.8 Å². The Bertz CT molecular complexity index is 805. The number of fused-ring (bicyclic) bond motifs is 1. The summed E-state index contributed by atoms with van der Waals surface area (Å²) in [5, 5.41) is 11.5. The molecule has 1 N–H and O–H groups in total. The molecule has 0 radical (unpaired) electrons. The Morgan fingerprint density at radius 1 is 1.30 bits per heavy atom. The van der Waals surface area contributed by atoms with Gasteiger partial charge in [0, 0.05) is 31.3 Å². The van der Waals surface area contributed by atoms with Crippen LogP contribution in [0, 0.1) is 34.0 Å². The van der Waals surface area contributed by atoms with Crippen LogP contribution in [0.4, 0.5) is 0 Å². The SMILES string of the molecule is C=C1[C@@H]2C[C@@H](O)[C@@H]3[C@](C2)(C(=O)O[C@H]2CCC(C)(C)[C@H]4[C@H](OC)OC[C@@]243)[C@@H]1OC(C)=O. The number of rotatable bonds is 2. The quantitative estimate of drug-likeness (QED) is 0.541. The molecule has 7 nitrogen and oxygen atoms in total. The molecule has 0 aromatic heterocycles. The number of ether oxygens (including phenoxy) is 4. The van der Waals surface area contributed by atoms with Crippen LogP contribution in [0.25, 0.3) is 0 Å². The van der Waals surface area contributed by atoms with E-state index in [4.69, 9.17) is 18.9 Å². The van der Waals surface area contributed by atoms with Gasteiger partial charge in [-0.1, -0.05) is 20.4 Å². The molecule has 166 valence electrons. The summed E-state index contributed by atoms with van der Waals surface area (Å²) < 4.78 is 23.8. The minimum absolute atomic E-state index is 0.0539. The Hall–Kier alpha value is -1.44. The second kappa shape index (κ2) is 6.30. The first-order chi connectivity index (χ1) is 14.1. The van der Waals surface area contributed by atoms with Crippen LogP contribution in [-0.2, 0) is 28.5 Å². The van der Waals surface area contributed by atoms with Gasteiger partial charge in [0.1, 0.15) is 17.6 Å². The summed E-state index contributed by atoms with van der Waals surface area (Å²) in [7, 11) is 1.64. The van der Waals surface area contributed by atoms with Gasteiger partial charge >= 0.3 is 11.9 Å². The molecule has 0 unspecified atom stereocenters. The van der Waals surface area contributed by atoms with Crippen LogP contribution in [-0.4, -0.2) is 55.4 Å². The topological polar surface area (TPSA) is 91.3 Å². The second-order valence-corrected chi connectivity index (χ2v) is 10.7.